The van der Waals surface area contributed by atoms with Crippen molar-refractivity contribution in [2.24, 2.45) is 5.73 Å². The van der Waals surface area contributed by atoms with Gasteiger partial charge < -0.3 is 15.8 Å². The second-order valence-corrected chi connectivity index (χ2v) is 5.68. The van der Waals surface area contributed by atoms with E-state index in [1.54, 1.807) is 36.6 Å². The number of hydrogen-bond acceptors (Lipinski definition) is 4. The quantitative estimate of drug-likeness (QED) is 0.878. The summed E-state index contributed by atoms with van der Waals surface area (Å²) in [5, 5.41) is 5.26. The number of halogens is 1. The molecule has 4 nitrogen and oxygen atoms in total. The van der Waals surface area contributed by atoms with Crippen molar-refractivity contribution < 1.29 is 9.53 Å². The molecular formula is C13H13BrN2O2S. The fourth-order valence-electron chi connectivity index (χ4n) is 1.63. The molecule has 0 spiro atoms. The van der Waals surface area contributed by atoms with Gasteiger partial charge in [-0.2, -0.15) is 0 Å². The average Bonchev–Trinajstić information content (AvgIpc) is 2.81. The molecule has 0 unspecified atom stereocenters. The first-order valence-electron chi connectivity index (χ1n) is 5.55. The van der Waals surface area contributed by atoms with Gasteiger partial charge in [0.2, 0.25) is 5.91 Å². The number of nitrogens with two attached hydrogens (primary N) is 1. The van der Waals surface area contributed by atoms with E-state index >= 15 is 0 Å². The summed E-state index contributed by atoms with van der Waals surface area (Å²) in [7, 11) is 1.59. The Labute approximate surface area is 123 Å². The Hall–Kier alpha value is -1.53. The molecule has 100 valence electrons. The summed E-state index contributed by atoms with van der Waals surface area (Å²) in [4.78, 5) is 12.4. The van der Waals surface area contributed by atoms with Crippen molar-refractivity contribution in [3.8, 4) is 5.75 Å². The van der Waals surface area contributed by atoms with E-state index in [2.05, 4.69) is 21.2 Å². The summed E-state index contributed by atoms with van der Waals surface area (Å²) in [6, 6.07) is 7.07. The van der Waals surface area contributed by atoms with Crippen LogP contribution in [0.15, 0.2) is 34.1 Å². The van der Waals surface area contributed by atoms with E-state index in [0.717, 1.165) is 10.2 Å². The van der Waals surface area contributed by atoms with Crippen molar-refractivity contribution in [1.29, 1.82) is 0 Å². The van der Waals surface area contributed by atoms with Crippen LogP contribution in [0.3, 0.4) is 0 Å². The molecule has 1 aromatic heterocycles. The van der Waals surface area contributed by atoms with Gasteiger partial charge >= 0.3 is 0 Å². The van der Waals surface area contributed by atoms with Crippen LogP contribution in [0.25, 0.3) is 0 Å². The van der Waals surface area contributed by atoms with E-state index in [9.17, 15) is 4.79 Å². The van der Waals surface area contributed by atoms with E-state index in [-0.39, 0.29) is 0 Å². The van der Waals surface area contributed by atoms with Crippen molar-refractivity contribution in [2.45, 2.75) is 6.54 Å². The number of ether oxygens (including phenoxy) is 1. The number of anilines is 1. The molecule has 1 amide bonds. The average molecular weight is 341 g/mol. The second-order valence-electron chi connectivity index (χ2n) is 3.82. The largest absolute Gasteiger partial charge is 0.495 e. The first-order chi connectivity index (χ1) is 9.11. The molecule has 2 aromatic rings. The van der Waals surface area contributed by atoms with Crippen LogP contribution in [0, 0.1) is 0 Å². The first-order valence-corrected chi connectivity index (χ1v) is 7.22. The molecule has 1 heterocycles. The van der Waals surface area contributed by atoms with Crippen LogP contribution in [0.5, 0.6) is 5.75 Å². The maximum atomic E-state index is 11.2. The van der Waals surface area contributed by atoms with Crippen LogP contribution >= 0.6 is 27.3 Å². The van der Waals surface area contributed by atoms with Crippen LogP contribution in [-0.2, 0) is 6.54 Å². The number of nitrogens with one attached hydrogen (secondary N) is 1. The topological polar surface area (TPSA) is 64.3 Å². The fraction of sp³-hybridized carbons (Fsp3) is 0.154. The van der Waals surface area contributed by atoms with Gasteiger partial charge in [-0.25, -0.2) is 0 Å². The Kier molecular flexibility index (Phi) is 4.44. The molecule has 6 heteroatoms. The molecule has 0 saturated carbocycles. The van der Waals surface area contributed by atoms with E-state index in [4.69, 9.17) is 10.5 Å². The molecule has 0 bridgehead atoms. The molecule has 3 N–H and O–H groups in total. The SMILES string of the molecule is COc1ccc(C(N)=O)cc1NCc1sccc1Br. The number of hydrogen-bond donors (Lipinski definition) is 2. The molecule has 19 heavy (non-hydrogen) atoms. The van der Waals surface area contributed by atoms with Gasteiger partial charge in [-0.3, -0.25) is 4.79 Å². The van der Waals surface area contributed by atoms with Gasteiger partial charge in [-0.15, -0.1) is 11.3 Å². The van der Waals surface area contributed by atoms with E-state index in [1.165, 1.54) is 4.88 Å². The molecule has 0 fully saturated rings. The van der Waals surface area contributed by atoms with Gasteiger partial charge in [0.1, 0.15) is 5.75 Å². The minimum Gasteiger partial charge on any atom is -0.495 e. The van der Waals surface area contributed by atoms with Gasteiger partial charge in [0, 0.05) is 14.9 Å². The van der Waals surface area contributed by atoms with Crippen molar-refractivity contribution in [3.63, 3.8) is 0 Å². The highest BCUT2D eigenvalue weighted by molar-refractivity contribution is 9.10. The molecule has 0 aliphatic rings. The van der Waals surface area contributed by atoms with Crippen LogP contribution in [0.2, 0.25) is 0 Å². The van der Waals surface area contributed by atoms with Gasteiger partial charge in [0.25, 0.3) is 0 Å². The fourth-order valence-corrected chi connectivity index (χ4v) is 3.06. The normalized spacial score (nSPS) is 10.2. The number of methoxy groups -OCH3 is 1. The lowest BCUT2D eigenvalue weighted by Crippen LogP contribution is -2.11. The van der Waals surface area contributed by atoms with Crippen LogP contribution in [0.4, 0.5) is 5.69 Å². The lowest BCUT2D eigenvalue weighted by molar-refractivity contribution is 0.100. The lowest BCUT2D eigenvalue weighted by Gasteiger charge is -2.11. The molecule has 0 radical (unpaired) electrons. The third-order valence-corrected chi connectivity index (χ3v) is 4.54. The summed E-state index contributed by atoms with van der Waals surface area (Å²) in [6.07, 6.45) is 0. The minimum atomic E-state index is -0.456. The number of thiophene rings is 1. The summed E-state index contributed by atoms with van der Waals surface area (Å²) in [6.45, 7) is 0.650. The number of carbonyl (C=O) groups is 1. The van der Waals surface area contributed by atoms with Crippen LogP contribution in [0.1, 0.15) is 15.2 Å². The monoisotopic (exact) mass is 340 g/mol. The van der Waals surface area contributed by atoms with E-state index in [0.29, 0.717) is 17.9 Å². The third kappa shape index (κ3) is 3.27. The highest BCUT2D eigenvalue weighted by Gasteiger charge is 2.08. The summed E-state index contributed by atoms with van der Waals surface area (Å²) in [5.41, 5.74) is 6.48. The Morgan fingerprint density at radius 1 is 1.47 bits per heavy atom. The maximum Gasteiger partial charge on any atom is 0.248 e. The summed E-state index contributed by atoms with van der Waals surface area (Å²) >= 11 is 5.13. The smallest absolute Gasteiger partial charge is 0.248 e. The number of benzene rings is 1. The predicted molar refractivity (Wildman–Crippen MR) is 80.9 cm³/mol. The third-order valence-electron chi connectivity index (χ3n) is 2.61. The van der Waals surface area contributed by atoms with Crippen molar-refractivity contribution >= 4 is 38.9 Å². The second kappa shape index (κ2) is 6.08. The highest BCUT2D eigenvalue weighted by atomic mass is 79.9. The number of carbonyl (C=O) groups excluding carboxylic acids is 1. The van der Waals surface area contributed by atoms with E-state index in [1.807, 2.05) is 11.4 Å². The maximum absolute atomic E-state index is 11.2. The zero-order chi connectivity index (χ0) is 13.8. The zero-order valence-corrected chi connectivity index (χ0v) is 12.7. The Morgan fingerprint density at radius 2 is 2.26 bits per heavy atom. The van der Waals surface area contributed by atoms with Crippen LogP contribution in [-0.4, -0.2) is 13.0 Å². The highest BCUT2D eigenvalue weighted by Crippen LogP contribution is 2.28. The van der Waals surface area contributed by atoms with Crippen molar-refractivity contribution in [3.05, 3.63) is 44.6 Å². The predicted octanol–water partition coefficient (Wildman–Crippen LogP) is 3.23. The summed E-state index contributed by atoms with van der Waals surface area (Å²) < 4.78 is 6.32. The molecule has 2 rings (SSSR count). The van der Waals surface area contributed by atoms with Crippen molar-refractivity contribution in [2.75, 3.05) is 12.4 Å². The number of rotatable bonds is 5. The van der Waals surface area contributed by atoms with E-state index < -0.39 is 5.91 Å². The summed E-state index contributed by atoms with van der Waals surface area (Å²) in [5.74, 6) is 0.223. The minimum absolute atomic E-state index is 0.452. The van der Waals surface area contributed by atoms with Gasteiger partial charge in [-0.1, -0.05) is 0 Å². The van der Waals surface area contributed by atoms with Crippen LogP contribution < -0.4 is 15.8 Å². The molecule has 1 aromatic carbocycles. The van der Waals surface area contributed by atoms with Gasteiger partial charge in [0.05, 0.1) is 19.3 Å². The molecule has 0 saturated heterocycles. The Bertz CT molecular complexity index is 598. The molecule has 0 atom stereocenters. The number of primary amides is 1. The number of amides is 1. The Balaban J connectivity index is 2.20. The molecule has 0 aliphatic carbocycles. The van der Waals surface area contributed by atoms with Gasteiger partial charge in [-0.05, 0) is 45.6 Å². The first kappa shape index (κ1) is 13.9. The Morgan fingerprint density at radius 3 is 2.84 bits per heavy atom. The van der Waals surface area contributed by atoms with Gasteiger partial charge in [0.15, 0.2) is 0 Å². The molecule has 0 aliphatic heterocycles. The van der Waals surface area contributed by atoms with Crippen molar-refractivity contribution in [1.82, 2.24) is 0 Å². The lowest BCUT2D eigenvalue weighted by atomic mass is 10.1. The zero-order valence-electron chi connectivity index (χ0n) is 10.3. The molecular weight excluding hydrogens is 328 g/mol. The standard InChI is InChI=1S/C13H13BrN2O2S/c1-18-11-3-2-8(13(15)17)6-10(11)16-7-12-9(14)4-5-19-12/h2-6,16H,7H2,1H3,(H2,15,17).